The molecule has 2 aromatic rings. The molecule has 104 valence electrons. The van der Waals surface area contributed by atoms with E-state index in [0.29, 0.717) is 5.84 Å². The number of nitrogens with zero attached hydrogens (tertiary/aromatic N) is 1. The third-order valence-corrected chi connectivity index (χ3v) is 3.42. The molecule has 20 heavy (non-hydrogen) atoms. The Kier molecular flexibility index (Phi) is 5.04. The van der Waals surface area contributed by atoms with Gasteiger partial charge in [0.25, 0.3) is 0 Å². The zero-order valence-corrected chi connectivity index (χ0v) is 13.3. The Labute approximate surface area is 131 Å². The van der Waals surface area contributed by atoms with Gasteiger partial charge in [0.05, 0.1) is 11.6 Å². The lowest BCUT2D eigenvalue weighted by atomic mass is 10.2. The topological polar surface area (TPSA) is 47.6 Å². The average molecular weight is 354 g/mol. The highest BCUT2D eigenvalue weighted by atomic mass is 79.9. The molecule has 0 spiro atoms. The third-order valence-electron chi connectivity index (χ3n) is 2.62. The normalized spacial score (nSPS) is 11.4. The average Bonchev–Trinajstić information content (AvgIpc) is 2.44. The first-order valence-electron chi connectivity index (χ1n) is 6.01. The molecule has 0 unspecified atom stereocenters. The van der Waals surface area contributed by atoms with E-state index < -0.39 is 0 Å². The van der Waals surface area contributed by atoms with Crippen LogP contribution in [0.5, 0.6) is 11.5 Å². The van der Waals surface area contributed by atoms with E-state index in [1.54, 1.807) is 0 Å². The van der Waals surface area contributed by atoms with Crippen molar-refractivity contribution in [2.45, 2.75) is 6.92 Å². The summed E-state index contributed by atoms with van der Waals surface area (Å²) in [5.41, 5.74) is 7.41. The number of benzene rings is 2. The van der Waals surface area contributed by atoms with Crippen molar-refractivity contribution >= 4 is 39.1 Å². The van der Waals surface area contributed by atoms with E-state index in [2.05, 4.69) is 20.9 Å². The van der Waals surface area contributed by atoms with Crippen LogP contribution in [0.1, 0.15) is 5.56 Å². The Hall–Kier alpha value is -1.52. The number of aliphatic imine (C=N–C) groups is 1. The van der Waals surface area contributed by atoms with Crippen molar-refractivity contribution in [2.75, 3.05) is 5.88 Å². The second-order valence-electron chi connectivity index (χ2n) is 4.24. The van der Waals surface area contributed by atoms with E-state index in [1.807, 2.05) is 49.4 Å². The van der Waals surface area contributed by atoms with Gasteiger partial charge in [0.15, 0.2) is 0 Å². The van der Waals surface area contributed by atoms with Gasteiger partial charge in [-0.05, 0) is 55.0 Å². The predicted molar refractivity (Wildman–Crippen MR) is 87.4 cm³/mol. The lowest BCUT2D eigenvalue weighted by molar-refractivity contribution is 0.482. The number of ether oxygens (including phenoxy) is 1. The first kappa shape index (κ1) is 14.9. The Morgan fingerprint density at radius 1 is 1.20 bits per heavy atom. The molecule has 0 amide bonds. The van der Waals surface area contributed by atoms with Crippen LogP contribution in [0.2, 0.25) is 0 Å². The Balaban J connectivity index is 2.19. The summed E-state index contributed by atoms with van der Waals surface area (Å²) in [5.74, 6) is 2.16. The van der Waals surface area contributed by atoms with Crippen LogP contribution in [0.3, 0.4) is 0 Å². The van der Waals surface area contributed by atoms with Gasteiger partial charge in [0.1, 0.15) is 17.3 Å². The lowest BCUT2D eigenvalue weighted by Crippen LogP contribution is -2.12. The number of alkyl halides is 1. The van der Waals surface area contributed by atoms with Gasteiger partial charge in [-0.25, -0.2) is 4.99 Å². The molecule has 0 bridgehead atoms. The molecule has 0 saturated heterocycles. The van der Waals surface area contributed by atoms with Crippen molar-refractivity contribution in [3.05, 3.63) is 52.5 Å². The highest BCUT2D eigenvalue weighted by Crippen LogP contribution is 2.28. The van der Waals surface area contributed by atoms with Crippen molar-refractivity contribution in [2.24, 2.45) is 10.7 Å². The highest BCUT2D eigenvalue weighted by molar-refractivity contribution is 9.10. The summed E-state index contributed by atoms with van der Waals surface area (Å²) in [5, 5.41) is 0. The minimum absolute atomic E-state index is 0.219. The standard InChI is InChI=1S/C15H14BrClN2O/c1-10-8-13(6-7-14(10)19-15(18)9-17)20-12-4-2-11(16)3-5-12/h2-8H,9H2,1H3,(H2,18,19). The molecule has 0 radical (unpaired) electrons. The molecule has 2 aromatic carbocycles. The van der Waals surface area contributed by atoms with Crippen molar-refractivity contribution in [1.29, 1.82) is 0 Å². The number of nitrogens with two attached hydrogens (primary N) is 1. The number of halogens is 2. The van der Waals surface area contributed by atoms with Crippen LogP contribution in [0.25, 0.3) is 0 Å². The van der Waals surface area contributed by atoms with Crippen LogP contribution in [0.15, 0.2) is 51.9 Å². The molecule has 2 rings (SSSR count). The van der Waals surface area contributed by atoms with E-state index in [4.69, 9.17) is 22.1 Å². The fourth-order valence-corrected chi connectivity index (χ4v) is 1.96. The molecule has 0 aromatic heterocycles. The second kappa shape index (κ2) is 6.77. The molecule has 3 nitrogen and oxygen atoms in total. The monoisotopic (exact) mass is 352 g/mol. The fourth-order valence-electron chi connectivity index (χ4n) is 1.64. The van der Waals surface area contributed by atoms with E-state index in [-0.39, 0.29) is 5.88 Å². The number of hydrogen-bond donors (Lipinski definition) is 1. The molecule has 0 saturated carbocycles. The number of rotatable bonds is 4. The molecule has 0 aliphatic heterocycles. The quantitative estimate of drug-likeness (QED) is 0.488. The van der Waals surface area contributed by atoms with Crippen molar-refractivity contribution in [1.82, 2.24) is 0 Å². The number of amidine groups is 1. The van der Waals surface area contributed by atoms with Gasteiger partial charge in [-0.2, -0.15) is 0 Å². The van der Waals surface area contributed by atoms with Crippen LogP contribution in [0, 0.1) is 6.92 Å². The first-order chi connectivity index (χ1) is 9.58. The zero-order valence-electron chi connectivity index (χ0n) is 10.9. The molecule has 0 aliphatic rings. The predicted octanol–water partition coefficient (Wildman–Crippen LogP) is 4.78. The van der Waals surface area contributed by atoms with E-state index in [9.17, 15) is 0 Å². The number of aryl methyl sites for hydroxylation is 1. The Morgan fingerprint density at radius 2 is 1.85 bits per heavy atom. The summed E-state index contributed by atoms with van der Waals surface area (Å²) < 4.78 is 6.79. The Bertz CT molecular complexity index is 626. The maximum Gasteiger partial charge on any atom is 0.127 e. The summed E-state index contributed by atoms with van der Waals surface area (Å²) in [6.07, 6.45) is 0. The minimum Gasteiger partial charge on any atom is -0.457 e. The summed E-state index contributed by atoms with van der Waals surface area (Å²) in [7, 11) is 0. The molecular weight excluding hydrogens is 340 g/mol. The van der Waals surface area contributed by atoms with Crippen LogP contribution >= 0.6 is 27.5 Å². The molecule has 0 fully saturated rings. The van der Waals surface area contributed by atoms with Crippen LogP contribution in [-0.2, 0) is 0 Å². The van der Waals surface area contributed by atoms with Gasteiger partial charge in [-0.1, -0.05) is 15.9 Å². The van der Waals surface area contributed by atoms with Crippen LogP contribution in [-0.4, -0.2) is 11.7 Å². The van der Waals surface area contributed by atoms with Gasteiger partial charge >= 0.3 is 0 Å². The van der Waals surface area contributed by atoms with Gasteiger partial charge in [-0.15, -0.1) is 11.6 Å². The van der Waals surface area contributed by atoms with Crippen LogP contribution < -0.4 is 10.5 Å². The van der Waals surface area contributed by atoms with Crippen molar-refractivity contribution in [3.8, 4) is 11.5 Å². The molecule has 0 aliphatic carbocycles. The molecule has 0 heterocycles. The molecule has 0 atom stereocenters. The van der Waals surface area contributed by atoms with E-state index >= 15 is 0 Å². The minimum atomic E-state index is 0.219. The van der Waals surface area contributed by atoms with Crippen molar-refractivity contribution in [3.63, 3.8) is 0 Å². The maximum atomic E-state index is 5.77. The first-order valence-corrected chi connectivity index (χ1v) is 7.34. The van der Waals surface area contributed by atoms with Crippen LogP contribution in [0.4, 0.5) is 5.69 Å². The van der Waals surface area contributed by atoms with E-state index in [0.717, 1.165) is 27.2 Å². The highest BCUT2D eigenvalue weighted by Gasteiger charge is 2.02. The van der Waals surface area contributed by atoms with E-state index in [1.165, 1.54) is 0 Å². The molecular formula is C15H14BrClN2O. The smallest absolute Gasteiger partial charge is 0.127 e. The number of hydrogen-bond acceptors (Lipinski definition) is 2. The lowest BCUT2D eigenvalue weighted by Gasteiger charge is -2.08. The Morgan fingerprint density at radius 3 is 2.45 bits per heavy atom. The SMILES string of the molecule is Cc1cc(Oc2ccc(Br)cc2)ccc1N=C(N)CCl. The van der Waals surface area contributed by atoms with Gasteiger partial charge in [0, 0.05) is 4.47 Å². The maximum absolute atomic E-state index is 5.77. The van der Waals surface area contributed by atoms with Gasteiger partial charge in [-0.3, -0.25) is 0 Å². The fraction of sp³-hybridized carbons (Fsp3) is 0.133. The summed E-state index contributed by atoms with van der Waals surface area (Å²) >= 11 is 9.01. The van der Waals surface area contributed by atoms with Gasteiger partial charge < -0.3 is 10.5 Å². The zero-order chi connectivity index (χ0) is 14.5. The molecule has 2 N–H and O–H groups in total. The third kappa shape index (κ3) is 3.99. The van der Waals surface area contributed by atoms with Gasteiger partial charge in [0.2, 0.25) is 0 Å². The summed E-state index contributed by atoms with van der Waals surface area (Å²) in [4.78, 5) is 4.24. The molecule has 5 heteroatoms. The van der Waals surface area contributed by atoms with Crippen molar-refractivity contribution < 1.29 is 4.74 Å². The summed E-state index contributed by atoms with van der Waals surface area (Å²) in [6.45, 7) is 1.95. The largest absolute Gasteiger partial charge is 0.457 e. The summed E-state index contributed by atoms with van der Waals surface area (Å²) in [6, 6.07) is 13.3. The second-order valence-corrected chi connectivity index (χ2v) is 5.42.